The third kappa shape index (κ3) is 3.35. The quantitative estimate of drug-likeness (QED) is 0.888. The van der Waals surface area contributed by atoms with Crippen LogP contribution in [-0.2, 0) is 11.2 Å². The molecule has 0 bridgehead atoms. The van der Waals surface area contributed by atoms with Crippen molar-refractivity contribution in [1.29, 1.82) is 0 Å². The van der Waals surface area contributed by atoms with Gasteiger partial charge in [0, 0.05) is 13.2 Å². The van der Waals surface area contributed by atoms with Crippen molar-refractivity contribution in [1.82, 2.24) is 0 Å². The van der Waals surface area contributed by atoms with Crippen molar-refractivity contribution in [2.45, 2.75) is 50.2 Å². The molecule has 2 rings (SSSR count). The molecule has 1 atom stereocenters. The van der Waals surface area contributed by atoms with Crippen LogP contribution in [0.3, 0.4) is 0 Å². The number of hydrogen-bond acceptors (Lipinski definition) is 3. The number of methoxy groups -OCH3 is 2. The van der Waals surface area contributed by atoms with Gasteiger partial charge in [-0.3, -0.25) is 0 Å². The van der Waals surface area contributed by atoms with E-state index >= 15 is 0 Å². The topological polar surface area (TPSA) is 44.5 Å². The van der Waals surface area contributed by atoms with Crippen LogP contribution in [0.15, 0.2) is 22.7 Å². The van der Waals surface area contributed by atoms with Gasteiger partial charge in [0.05, 0.1) is 17.2 Å². The smallest absolute Gasteiger partial charge is 0.133 e. The standard InChI is InChI=1S/C16H24BrNO2/c1-19-14-7-6-12(10-13(14)17)11-15(18)16(20-2)8-4-3-5-9-16/h6-7,10,15H,3-5,8-9,11,18H2,1-2H3. The monoisotopic (exact) mass is 341 g/mol. The zero-order chi connectivity index (χ0) is 14.6. The van der Waals surface area contributed by atoms with E-state index in [1.807, 2.05) is 6.07 Å². The Morgan fingerprint density at radius 3 is 2.50 bits per heavy atom. The zero-order valence-electron chi connectivity index (χ0n) is 12.3. The van der Waals surface area contributed by atoms with Gasteiger partial charge in [-0.1, -0.05) is 25.3 Å². The van der Waals surface area contributed by atoms with Gasteiger partial charge in [0.1, 0.15) is 5.75 Å². The molecule has 0 spiro atoms. The molecular formula is C16H24BrNO2. The maximum absolute atomic E-state index is 6.48. The fourth-order valence-electron chi connectivity index (χ4n) is 3.15. The summed E-state index contributed by atoms with van der Waals surface area (Å²) in [4.78, 5) is 0. The van der Waals surface area contributed by atoms with Crippen molar-refractivity contribution >= 4 is 15.9 Å². The first-order chi connectivity index (χ1) is 9.61. The average Bonchev–Trinajstić information content (AvgIpc) is 2.48. The molecule has 4 heteroatoms. The SMILES string of the molecule is COc1ccc(CC(N)C2(OC)CCCCC2)cc1Br. The van der Waals surface area contributed by atoms with Gasteiger partial charge in [-0.05, 0) is 52.9 Å². The van der Waals surface area contributed by atoms with Crippen LogP contribution >= 0.6 is 15.9 Å². The highest BCUT2D eigenvalue weighted by Gasteiger charge is 2.37. The van der Waals surface area contributed by atoms with E-state index in [9.17, 15) is 0 Å². The van der Waals surface area contributed by atoms with Crippen LogP contribution in [0.2, 0.25) is 0 Å². The van der Waals surface area contributed by atoms with E-state index < -0.39 is 0 Å². The lowest BCUT2D eigenvalue weighted by Gasteiger charge is -2.41. The van der Waals surface area contributed by atoms with E-state index in [1.165, 1.54) is 24.8 Å². The number of nitrogens with two attached hydrogens (primary N) is 1. The summed E-state index contributed by atoms with van der Waals surface area (Å²) in [5.41, 5.74) is 7.54. The van der Waals surface area contributed by atoms with E-state index in [1.54, 1.807) is 14.2 Å². The molecule has 1 unspecified atom stereocenters. The minimum Gasteiger partial charge on any atom is -0.496 e. The summed E-state index contributed by atoms with van der Waals surface area (Å²) >= 11 is 3.53. The average molecular weight is 342 g/mol. The molecular weight excluding hydrogens is 318 g/mol. The molecule has 20 heavy (non-hydrogen) atoms. The Balaban J connectivity index is 2.09. The summed E-state index contributed by atoms with van der Waals surface area (Å²) in [5, 5.41) is 0. The fourth-order valence-corrected chi connectivity index (χ4v) is 3.74. The summed E-state index contributed by atoms with van der Waals surface area (Å²) in [5.74, 6) is 0.849. The highest BCUT2D eigenvalue weighted by Crippen LogP contribution is 2.35. The molecule has 0 aliphatic heterocycles. The molecule has 0 radical (unpaired) electrons. The van der Waals surface area contributed by atoms with Crippen molar-refractivity contribution in [3.05, 3.63) is 28.2 Å². The second-order valence-electron chi connectivity index (χ2n) is 5.61. The number of halogens is 1. The summed E-state index contributed by atoms with van der Waals surface area (Å²) < 4.78 is 12.1. The van der Waals surface area contributed by atoms with Crippen LogP contribution in [0, 0.1) is 0 Å². The van der Waals surface area contributed by atoms with Crippen molar-refractivity contribution < 1.29 is 9.47 Å². The van der Waals surface area contributed by atoms with Gasteiger partial charge in [-0.2, -0.15) is 0 Å². The molecule has 2 N–H and O–H groups in total. The van der Waals surface area contributed by atoms with Gasteiger partial charge in [0.25, 0.3) is 0 Å². The molecule has 0 saturated heterocycles. The van der Waals surface area contributed by atoms with Gasteiger partial charge >= 0.3 is 0 Å². The molecule has 1 fully saturated rings. The Labute approximate surface area is 130 Å². The summed E-state index contributed by atoms with van der Waals surface area (Å²) in [6.45, 7) is 0. The predicted octanol–water partition coefficient (Wildman–Crippen LogP) is 3.68. The Morgan fingerprint density at radius 1 is 1.25 bits per heavy atom. The second kappa shape index (κ2) is 6.92. The van der Waals surface area contributed by atoms with Gasteiger partial charge in [0.15, 0.2) is 0 Å². The predicted molar refractivity (Wildman–Crippen MR) is 85.2 cm³/mol. The number of benzene rings is 1. The van der Waals surface area contributed by atoms with Gasteiger partial charge in [-0.25, -0.2) is 0 Å². The van der Waals surface area contributed by atoms with E-state index in [4.69, 9.17) is 15.2 Å². The van der Waals surface area contributed by atoms with Crippen molar-refractivity contribution in [2.75, 3.05) is 14.2 Å². The Kier molecular flexibility index (Phi) is 5.47. The molecule has 1 aliphatic carbocycles. The van der Waals surface area contributed by atoms with E-state index in [-0.39, 0.29) is 11.6 Å². The maximum atomic E-state index is 6.48. The van der Waals surface area contributed by atoms with Crippen LogP contribution in [0.5, 0.6) is 5.75 Å². The molecule has 1 aromatic carbocycles. The van der Waals surface area contributed by atoms with Crippen LogP contribution < -0.4 is 10.5 Å². The molecule has 0 aromatic heterocycles. The summed E-state index contributed by atoms with van der Waals surface area (Å²) in [6, 6.07) is 6.18. The first kappa shape index (κ1) is 15.8. The van der Waals surface area contributed by atoms with Gasteiger partial charge in [-0.15, -0.1) is 0 Å². The minimum absolute atomic E-state index is 0.0353. The summed E-state index contributed by atoms with van der Waals surface area (Å²) in [6.07, 6.45) is 6.70. The Hall–Kier alpha value is -0.580. The van der Waals surface area contributed by atoms with Crippen LogP contribution in [0.4, 0.5) is 0 Å². The van der Waals surface area contributed by atoms with E-state index in [0.717, 1.165) is 29.5 Å². The first-order valence-electron chi connectivity index (χ1n) is 7.24. The van der Waals surface area contributed by atoms with Crippen molar-refractivity contribution in [2.24, 2.45) is 5.73 Å². The third-order valence-corrected chi connectivity index (χ3v) is 5.07. The highest BCUT2D eigenvalue weighted by molar-refractivity contribution is 9.10. The zero-order valence-corrected chi connectivity index (χ0v) is 13.9. The molecule has 0 amide bonds. The van der Waals surface area contributed by atoms with Gasteiger partial charge < -0.3 is 15.2 Å². The number of ether oxygens (including phenoxy) is 2. The lowest BCUT2D eigenvalue weighted by Crippen LogP contribution is -2.51. The lowest BCUT2D eigenvalue weighted by molar-refractivity contribution is -0.0582. The number of hydrogen-bond donors (Lipinski definition) is 1. The van der Waals surface area contributed by atoms with Crippen molar-refractivity contribution in [3.63, 3.8) is 0 Å². The molecule has 1 saturated carbocycles. The fraction of sp³-hybridized carbons (Fsp3) is 0.625. The molecule has 1 aliphatic rings. The molecule has 3 nitrogen and oxygen atoms in total. The van der Waals surface area contributed by atoms with Crippen LogP contribution in [-0.4, -0.2) is 25.9 Å². The largest absolute Gasteiger partial charge is 0.496 e. The van der Waals surface area contributed by atoms with E-state index in [2.05, 4.69) is 28.1 Å². The highest BCUT2D eigenvalue weighted by atomic mass is 79.9. The Morgan fingerprint density at radius 2 is 1.95 bits per heavy atom. The second-order valence-corrected chi connectivity index (χ2v) is 6.46. The van der Waals surface area contributed by atoms with Crippen LogP contribution in [0.1, 0.15) is 37.7 Å². The summed E-state index contributed by atoms with van der Waals surface area (Å²) in [7, 11) is 3.47. The van der Waals surface area contributed by atoms with Gasteiger partial charge in [0.2, 0.25) is 0 Å². The maximum Gasteiger partial charge on any atom is 0.133 e. The number of rotatable bonds is 5. The van der Waals surface area contributed by atoms with Crippen LogP contribution in [0.25, 0.3) is 0 Å². The minimum atomic E-state index is -0.148. The van der Waals surface area contributed by atoms with Crippen molar-refractivity contribution in [3.8, 4) is 5.75 Å². The molecule has 112 valence electrons. The lowest BCUT2D eigenvalue weighted by atomic mass is 9.77. The molecule has 0 heterocycles. The Bertz CT molecular complexity index is 444. The van der Waals surface area contributed by atoms with E-state index in [0.29, 0.717) is 0 Å². The first-order valence-corrected chi connectivity index (χ1v) is 8.04. The third-order valence-electron chi connectivity index (χ3n) is 4.45. The normalized spacial score (nSPS) is 19.6. The molecule has 1 aromatic rings.